The molecule has 15 heavy (non-hydrogen) atoms. The van der Waals surface area contributed by atoms with Crippen LogP contribution in [0.4, 0.5) is 4.79 Å². The van der Waals surface area contributed by atoms with E-state index in [0.717, 1.165) is 12.8 Å². The zero-order valence-electron chi connectivity index (χ0n) is 9.75. The van der Waals surface area contributed by atoms with E-state index < -0.39 is 0 Å². The van der Waals surface area contributed by atoms with Gasteiger partial charge in [-0.3, -0.25) is 10.1 Å². The smallest absolute Gasteiger partial charge is 0.321 e. The Balaban J connectivity index is 2.41. The molecule has 0 radical (unpaired) electrons. The standard InChI is InChI=1S/C11H20N2O2/c1-8(2)4-5-9(3)13-7-6-10(14)12-11(13)15/h8-9H,4-7H2,1-3H3,(H,12,14,15). The van der Waals surface area contributed by atoms with Crippen molar-refractivity contribution in [2.75, 3.05) is 6.54 Å². The van der Waals surface area contributed by atoms with Crippen LogP contribution in [0.5, 0.6) is 0 Å². The number of imide groups is 1. The van der Waals surface area contributed by atoms with Gasteiger partial charge in [-0.2, -0.15) is 0 Å². The van der Waals surface area contributed by atoms with Crippen LogP contribution < -0.4 is 5.32 Å². The predicted molar refractivity (Wildman–Crippen MR) is 58.4 cm³/mol. The van der Waals surface area contributed by atoms with Crippen LogP contribution in [0.2, 0.25) is 0 Å². The van der Waals surface area contributed by atoms with Crippen LogP contribution in [0, 0.1) is 5.92 Å². The zero-order chi connectivity index (χ0) is 11.4. The average molecular weight is 212 g/mol. The topological polar surface area (TPSA) is 49.4 Å². The third-order valence-corrected chi connectivity index (χ3v) is 2.78. The summed E-state index contributed by atoms with van der Waals surface area (Å²) in [6.07, 6.45) is 2.54. The molecule has 3 amide bonds. The van der Waals surface area contributed by atoms with Gasteiger partial charge in [0.05, 0.1) is 0 Å². The number of hydrogen-bond acceptors (Lipinski definition) is 2. The van der Waals surface area contributed by atoms with Crippen LogP contribution in [0.1, 0.15) is 40.0 Å². The molecule has 1 heterocycles. The number of urea groups is 1. The fraction of sp³-hybridized carbons (Fsp3) is 0.818. The van der Waals surface area contributed by atoms with Crippen LogP contribution in [-0.2, 0) is 4.79 Å². The first-order valence-electron chi connectivity index (χ1n) is 5.61. The van der Waals surface area contributed by atoms with Gasteiger partial charge in [-0.1, -0.05) is 13.8 Å². The van der Waals surface area contributed by atoms with Gasteiger partial charge in [-0.15, -0.1) is 0 Å². The highest BCUT2D eigenvalue weighted by molar-refractivity contribution is 5.96. The number of nitrogens with one attached hydrogen (secondary N) is 1. The number of rotatable bonds is 4. The largest absolute Gasteiger partial charge is 0.324 e. The Morgan fingerprint density at radius 2 is 1.93 bits per heavy atom. The normalized spacial score (nSPS) is 19.3. The third kappa shape index (κ3) is 3.53. The van der Waals surface area contributed by atoms with Crippen molar-refractivity contribution in [3.63, 3.8) is 0 Å². The SMILES string of the molecule is CC(C)CCC(C)N1CCC(=O)NC1=O. The van der Waals surface area contributed by atoms with Gasteiger partial charge in [0.15, 0.2) is 0 Å². The summed E-state index contributed by atoms with van der Waals surface area (Å²) in [5, 5.41) is 2.35. The second-order valence-corrected chi connectivity index (χ2v) is 4.62. The summed E-state index contributed by atoms with van der Waals surface area (Å²) in [6.45, 7) is 6.95. The Bertz CT molecular complexity index is 251. The molecule has 0 aromatic heterocycles. The lowest BCUT2D eigenvalue weighted by Gasteiger charge is -2.32. The highest BCUT2D eigenvalue weighted by Gasteiger charge is 2.26. The van der Waals surface area contributed by atoms with E-state index in [0.29, 0.717) is 18.9 Å². The highest BCUT2D eigenvalue weighted by atomic mass is 16.2. The van der Waals surface area contributed by atoms with Crippen LogP contribution in [0.3, 0.4) is 0 Å². The maximum atomic E-state index is 11.5. The van der Waals surface area contributed by atoms with Crippen LogP contribution in [0.25, 0.3) is 0 Å². The molecule has 1 unspecified atom stereocenters. The van der Waals surface area contributed by atoms with Gasteiger partial charge in [0, 0.05) is 19.0 Å². The summed E-state index contributed by atoms with van der Waals surface area (Å²) in [5.41, 5.74) is 0. The molecule has 4 heteroatoms. The molecule has 1 rings (SSSR count). The van der Waals surface area contributed by atoms with Gasteiger partial charge in [0.2, 0.25) is 5.91 Å². The molecule has 1 saturated heterocycles. The predicted octanol–water partition coefficient (Wildman–Crippen LogP) is 1.75. The molecule has 0 bridgehead atoms. The van der Waals surface area contributed by atoms with E-state index in [1.807, 2.05) is 6.92 Å². The fourth-order valence-electron chi connectivity index (χ4n) is 1.73. The Morgan fingerprint density at radius 1 is 1.27 bits per heavy atom. The van der Waals surface area contributed by atoms with Gasteiger partial charge < -0.3 is 4.90 Å². The maximum absolute atomic E-state index is 11.5. The summed E-state index contributed by atoms with van der Waals surface area (Å²) in [5.74, 6) is 0.495. The summed E-state index contributed by atoms with van der Waals surface area (Å²) in [7, 11) is 0. The lowest BCUT2D eigenvalue weighted by atomic mass is 10.0. The Labute approximate surface area is 91.0 Å². The van der Waals surface area contributed by atoms with E-state index in [9.17, 15) is 9.59 Å². The van der Waals surface area contributed by atoms with Gasteiger partial charge in [0.25, 0.3) is 0 Å². The average Bonchev–Trinajstić information content (AvgIpc) is 2.14. The van der Waals surface area contributed by atoms with Crippen molar-refractivity contribution in [2.24, 2.45) is 5.92 Å². The summed E-state index contributed by atoms with van der Waals surface area (Å²) in [4.78, 5) is 24.2. The molecule has 0 aromatic carbocycles. The Morgan fingerprint density at radius 3 is 2.47 bits per heavy atom. The van der Waals surface area contributed by atoms with Crippen molar-refractivity contribution in [3.8, 4) is 0 Å². The van der Waals surface area contributed by atoms with Crippen LogP contribution >= 0.6 is 0 Å². The van der Waals surface area contributed by atoms with Gasteiger partial charge in [-0.25, -0.2) is 4.79 Å². The number of carbonyl (C=O) groups excluding carboxylic acids is 2. The van der Waals surface area contributed by atoms with Crippen LogP contribution in [0.15, 0.2) is 0 Å². The lowest BCUT2D eigenvalue weighted by Crippen LogP contribution is -2.52. The molecular formula is C11H20N2O2. The molecule has 0 aliphatic carbocycles. The van der Waals surface area contributed by atoms with Gasteiger partial charge in [0.1, 0.15) is 0 Å². The summed E-state index contributed by atoms with van der Waals surface area (Å²) >= 11 is 0. The number of nitrogens with zero attached hydrogens (tertiary/aromatic N) is 1. The van der Waals surface area contributed by atoms with Gasteiger partial charge >= 0.3 is 6.03 Å². The van der Waals surface area contributed by atoms with Crippen molar-refractivity contribution >= 4 is 11.9 Å². The molecule has 1 aliphatic rings. The molecule has 1 N–H and O–H groups in total. The number of carbonyl (C=O) groups is 2. The summed E-state index contributed by atoms with van der Waals surface area (Å²) < 4.78 is 0. The first-order chi connectivity index (χ1) is 7.00. The van der Waals surface area contributed by atoms with Gasteiger partial charge in [-0.05, 0) is 25.7 Å². The molecule has 1 aliphatic heterocycles. The molecular weight excluding hydrogens is 192 g/mol. The van der Waals surface area contributed by atoms with Crippen molar-refractivity contribution in [2.45, 2.75) is 46.1 Å². The minimum absolute atomic E-state index is 0.160. The second kappa shape index (κ2) is 5.14. The molecule has 0 aromatic rings. The Kier molecular flexibility index (Phi) is 4.12. The quantitative estimate of drug-likeness (QED) is 0.771. The van der Waals surface area contributed by atoms with Crippen molar-refractivity contribution in [1.29, 1.82) is 0 Å². The summed E-state index contributed by atoms with van der Waals surface area (Å²) in [6, 6.07) is -0.0111. The maximum Gasteiger partial charge on any atom is 0.324 e. The van der Waals surface area contributed by atoms with E-state index >= 15 is 0 Å². The van der Waals surface area contributed by atoms with E-state index in [4.69, 9.17) is 0 Å². The van der Waals surface area contributed by atoms with Crippen molar-refractivity contribution < 1.29 is 9.59 Å². The highest BCUT2D eigenvalue weighted by Crippen LogP contribution is 2.14. The molecule has 0 spiro atoms. The lowest BCUT2D eigenvalue weighted by molar-refractivity contribution is -0.121. The third-order valence-electron chi connectivity index (χ3n) is 2.78. The van der Waals surface area contributed by atoms with E-state index in [2.05, 4.69) is 19.2 Å². The van der Waals surface area contributed by atoms with Crippen molar-refractivity contribution in [1.82, 2.24) is 10.2 Å². The first-order valence-corrected chi connectivity index (χ1v) is 5.61. The van der Waals surface area contributed by atoms with E-state index in [-0.39, 0.29) is 18.0 Å². The molecule has 1 fully saturated rings. The number of hydrogen-bond donors (Lipinski definition) is 1. The number of amides is 3. The second-order valence-electron chi connectivity index (χ2n) is 4.62. The molecule has 4 nitrogen and oxygen atoms in total. The Hall–Kier alpha value is -1.06. The molecule has 1 atom stereocenters. The van der Waals surface area contributed by atoms with E-state index in [1.54, 1.807) is 4.90 Å². The minimum Gasteiger partial charge on any atom is -0.321 e. The minimum atomic E-state index is -0.234. The fourth-order valence-corrected chi connectivity index (χ4v) is 1.73. The van der Waals surface area contributed by atoms with Crippen LogP contribution in [-0.4, -0.2) is 29.4 Å². The molecule has 86 valence electrons. The first kappa shape index (κ1) is 12.0. The van der Waals surface area contributed by atoms with Crippen molar-refractivity contribution in [3.05, 3.63) is 0 Å². The monoisotopic (exact) mass is 212 g/mol. The van der Waals surface area contributed by atoms with E-state index in [1.165, 1.54) is 0 Å². The molecule has 0 saturated carbocycles. The zero-order valence-corrected chi connectivity index (χ0v) is 9.75.